The molecule has 1 heterocycles. The van der Waals surface area contributed by atoms with Gasteiger partial charge in [-0.25, -0.2) is 8.78 Å². The fraction of sp³-hybridized carbons (Fsp3) is 0.182. The first kappa shape index (κ1) is 20.2. The molecule has 1 aromatic heterocycles. The minimum atomic E-state index is -0.905. The Hall–Kier alpha value is -3.08. The highest BCUT2D eigenvalue weighted by atomic mass is 19.1. The summed E-state index contributed by atoms with van der Waals surface area (Å²) in [6.45, 7) is 7.99. The van der Waals surface area contributed by atoms with E-state index in [1.54, 1.807) is 12.1 Å². The monoisotopic (exact) mass is 368 g/mol. The summed E-state index contributed by atoms with van der Waals surface area (Å²) < 4.78 is 27.3. The van der Waals surface area contributed by atoms with E-state index in [1.165, 1.54) is 12.3 Å². The summed E-state index contributed by atoms with van der Waals surface area (Å²) in [4.78, 5) is 16.4. The third-order valence-electron chi connectivity index (χ3n) is 3.88. The van der Waals surface area contributed by atoms with Gasteiger partial charge in [-0.3, -0.25) is 9.78 Å². The zero-order valence-electron chi connectivity index (χ0n) is 15.8. The first-order chi connectivity index (χ1) is 13.0. The van der Waals surface area contributed by atoms with E-state index in [0.29, 0.717) is 5.69 Å². The molecule has 0 aliphatic carbocycles. The summed E-state index contributed by atoms with van der Waals surface area (Å²) >= 11 is 0. The molecule has 0 radical (unpaired) electrons. The second kappa shape index (κ2) is 9.03. The number of anilines is 1. The number of amides is 1. The SMILES string of the molecule is CC.Cc1ccc(C)c(-c2ccc(NC(=O)c3c(F)cccc3F)cn2)c1. The molecule has 0 bridgehead atoms. The molecular formula is C22H22F2N2O. The van der Waals surface area contributed by atoms with Crippen LogP contribution in [0.25, 0.3) is 11.3 Å². The van der Waals surface area contributed by atoms with Crippen LogP contribution in [0.4, 0.5) is 14.5 Å². The van der Waals surface area contributed by atoms with Gasteiger partial charge in [0.15, 0.2) is 0 Å². The van der Waals surface area contributed by atoms with Crippen molar-refractivity contribution >= 4 is 11.6 Å². The van der Waals surface area contributed by atoms with E-state index >= 15 is 0 Å². The number of hydrogen-bond donors (Lipinski definition) is 1. The Labute approximate surface area is 158 Å². The van der Waals surface area contributed by atoms with Crippen molar-refractivity contribution in [3.05, 3.63) is 83.1 Å². The number of aromatic nitrogens is 1. The maximum absolute atomic E-state index is 13.7. The van der Waals surface area contributed by atoms with Crippen molar-refractivity contribution in [1.82, 2.24) is 4.98 Å². The molecule has 0 aliphatic rings. The Kier molecular flexibility index (Phi) is 6.77. The number of hydrogen-bond acceptors (Lipinski definition) is 2. The lowest BCUT2D eigenvalue weighted by atomic mass is 10.0. The van der Waals surface area contributed by atoms with Gasteiger partial charge in [-0.1, -0.05) is 37.6 Å². The number of nitrogens with one attached hydrogen (secondary N) is 1. The topological polar surface area (TPSA) is 42.0 Å². The molecule has 0 aliphatic heterocycles. The second-order valence-corrected chi connectivity index (χ2v) is 5.80. The molecule has 5 heteroatoms. The molecule has 140 valence electrons. The lowest BCUT2D eigenvalue weighted by molar-refractivity contribution is 0.101. The van der Waals surface area contributed by atoms with Gasteiger partial charge in [0, 0.05) is 5.56 Å². The smallest absolute Gasteiger partial charge is 0.261 e. The summed E-state index contributed by atoms with van der Waals surface area (Å²) in [6, 6.07) is 12.8. The van der Waals surface area contributed by atoms with Gasteiger partial charge in [-0.15, -0.1) is 0 Å². The van der Waals surface area contributed by atoms with Crippen LogP contribution in [0.5, 0.6) is 0 Å². The van der Waals surface area contributed by atoms with Crippen LogP contribution in [-0.2, 0) is 0 Å². The number of halogens is 2. The lowest BCUT2D eigenvalue weighted by Gasteiger charge is -2.09. The van der Waals surface area contributed by atoms with Crippen molar-refractivity contribution in [2.24, 2.45) is 0 Å². The van der Waals surface area contributed by atoms with E-state index < -0.39 is 23.1 Å². The number of carbonyl (C=O) groups excluding carboxylic acids is 1. The molecule has 0 unspecified atom stereocenters. The Morgan fingerprint density at radius 2 is 1.63 bits per heavy atom. The zero-order valence-corrected chi connectivity index (χ0v) is 15.8. The van der Waals surface area contributed by atoms with Gasteiger partial charge in [0.05, 0.1) is 17.6 Å². The van der Waals surface area contributed by atoms with Crippen molar-refractivity contribution in [3.8, 4) is 11.3 Å². The number of benzene rings is 2. The molecule has 1 N–H and O–H groups in total. The van der Waals surface area contributed by atoms with Gasteiger partial charge in [0.1, 0.15) is 17.2 Å². The first-order valence-corrected chi connectivity index (χ1v) is 8.75. The van der Waals surface area contributed by atoms with E-state index in [1.807, 2.05) is 45.9 Å². The summed E-state index contributed by atoms with van der Waals surface area (Å²) in [5.41, 5.74) is 3.72. The van der Waals surface area contributed by atoms with E-state index in [2.05, 4.69) is 10.3 Å². The highest BCUT2D eigenvalue weighted by Gasteiger charge is 2.17. The molecule has 3 nitrogen and oxygen atoms in total. The van der Waals surface area contributed by atoms with Crippen LogP contribution in [0.3, 0.4) is 0 Å². The quantitative estimate of drug-likeness (QED) is 0.623. The van der Waals surface area contributed by atoms with E-state index in [-0.39, 0.29) is 0 Å². The van der Waals surface area contributed by atoms with Gasteiger partial charge in [0.2, 0.25) is 0 Å². The molecule has 1 amide bonds. The number of carbonyl (C=O) groups is 1. The predicted molar refractivity (Wildman–Crippen MR) is 105 cm³/mol. The fourth-order valence-corrected chi connectivity index (χ4v) is 2.55. The van der Waals surface area contributed by atoms with Gasteiger partial charge in [-0.2, -0.15) is 0 Å². The fourth-order valence-electron chi connectivity index (χ4n) is 2.55. The minimum Gasteiger partial charge on any atom is -0.320 e. The molecule has 0 spiro atoms. The summed E-state index contributed by atoms with van der Waals surface area (Å²) in [5, 5.41) is 2.46. The van der Waals surface area contributed by atoms with Crippen LogP contribution in [0, 0.1) is 25.5 Å². The van der Waals surface area contributed by atoms with Crippen molar-refractivity contribution in [3.63, 3.8) is 0 Å². The molecule has 0 saturated carbocycles. The predicted octanol–water partition coefficient (Wildman–Crippen LogP) is 5.92. The highest BCUT2D eigenvalue weighted by molar-refractivity contribution is 6.04. The molecule has 0 fully saturated rings. The molecule has 3 aromatic rings. The summed E-state index contributed by atoms with van der Waals surface area (Å²) in [7, 11) is 0. The standard InChI is InChI=1S/C20H16F2N2O.C2H6/c1-12-6-7-13(2)15(10-12)18-9-8-14(11-23-18)24-20(25)19-16(21)4-3-5-17(19)22;1-2/h3-11H,1-2H3,(H,24,25);1-2H3. The third kappa shape index (κ3) is 4.76. The molecular weight excluding hydrogens is 346 g/mol. The second-order valence-electron chi connectivity index (χ2n) is 5.80. The minimum absolute atomic E-state index is 0.363. The largest absolute Gasteiger partial charge is 0.320 e. The normalized spacial score (nSPS) is 10.0. The Bertz CT molecular complexity index is 917. The first-order valence-electron chi connectivity index (χ1n) is 8.75. The molecule has 3 rings (SSSR count). The molecule has 2 aromatic carbocycles. The van der Waals surface area contributed by atoms with Crippen LogP contribution in [-0.4, -0.2) is 10.9 Å². The van der Waals surface area contributed by atoms with Crippen molar-refractivity contribution in [1.29, 1.82) is 0 Å². The van der Waals surface area contributed by atoms with E-state index in [0.717, 1.165) is 34.5 Å². The lowest BCUT2D eigenvalue weighted by Crippen LogP contribution is -2.15. The molecule has 0 saturated heterocycles. The number of aryl methyl sites for hydroxylation is 2. The van der Waals surface area contributed by atoms with Crippen LogP contribution >= 0.6 is 0 Å². The van der Waals surface area contributed by atoms with Crippen molar-refractivity contribution in [2.75, 3.05) is 5.32 Å². The van der Waals surface area contributed by atoms with Crippen LogP contribution in [0.1, 0.15) is 35.3 Å². The van der Waals surface area contributed by atoms with Gasteiger partial charge >= 0.3 is 0 Å². The van der Waals surface area contributed by atoms with Crippen molar-refractivity contribution < 1.29 is 13.6 Å². The average molecular weight is 368 g/mol. The Morgan fingerprint density at radius 3 is 2.22 bits per heavy atom. The van der Waals surface area contributed by atoms with Gasteiger partial charge < -0.3 is 5.32 Å². The maximum Gasteiger partial charge on any atom is 0.261 e. The van der Waals surface area contributed by atoms with Crippen LogP contribution < -0.4 is 5.32 Å². The number of nitrogens with zero attached hydrogens (tertiary/aromatic N) is 1. The zero-order chi connectivity index (χ0) is 20.0. The summed E-state index contributed by atoms with van der Waals surface area (Å²) in [5.74, 6) is -2.66. The van der Waals surface area contributed by atoms with Crippen LogP contribution in [0.15, 0.2) is 54.7 Å². The van der Waals surface area contributed by atoms with E-state index in [4.69, 9.17) is 0 Å². The Morgan fingerprint density at radius 1 is 0.963 bits per heavy atom. The summed E-state index contributed by atoms with van der Waals surface area (Å²) in [6.07, 6.45) is 1.47. The van der Waals surface area contributed by atoms with E-state index in [9.17, 15) is 13.6 Å². The average Bonchev–Trinajstić information content (AvgIpc) is 2.66. The third-order valence-corrected chi connectivity index (χ3v) is 3.88. The van der Waals surface area contributed by atoms with Gasteiger partial charge in [0.25, 0.3) is 5.91 Å². The number of pyridine rings is 1. The maximum atomic E-state index is 13.7. The molecule has 27 heavy (non-hydrogen) atoms. The highest BCUT2D eigenvalue weighted by Crippen LogP contribution is 2.24. The number of rotatable bonds is 3. The van der Waals surface area contributed by atoms with Crippen molar-refractivity contribution in [2.45, 2.75) is 27.7 Å². The molecule has 0 atom stereocenters. The van der Waals surface area contributed by atoms with Crippen LogP contribution in [0.2, 0.25) is 0 Å². The Balaban J connectivity index is 0.00000126. The van der Waals surface area contributed by atoms with Gasteiger partial charge in [-0.05, 0) is 49.7 Å².